The van der Waals surface area contributed by atoms with Gasteiger partial charge in [0.05, 0.1) is 13.2 Å². The van der Waals surface area contributed by atoms with Gasteiger partial charge in [0.25, 0.3) is 0 Å². The van der Waals surface area contributed by atoms with Gasteiger partial charge >= 0.3 is 7.60 Å². The lowest BCUT2D eigenvalue weighted by Crippen LogP contribution is -2.17. The van der Waals surface area contributed by atoms with Gasteiger partial charge in [0.2, 0.25) is 0 Å². The first-order valence-corrected chi connectivity index (χ1v) is 5.98. The molecule has 0 aliphatic carbocycles. The molecule has 13 heavy (non-hydrogen) atoms. The summed E-state index contributed by atoms with van der Waals surface area (Å²) in [5, 5.41) is 9.44. The largest absolute Gasteiger partial charge is 0.380 e. The zero-order chi connectivity index (χ0) is 10.3. The van der Waals surface area contributed by atoms with E-state index in [1.54, 1.807) is 13.8 Å². The summed E-state index contributed by atoms with van der Waals surface area (Å²) in [7, 11) is -3.35. The topological polar surface area (TPSA) is 81.8 Å². The minimum atomic E-state index is -3.35. The first kappa shape index (κ1) is 13.1. The smallest absolute Gasteiger partial charge is 0.358 e. The third kappa shape index (κ3) is 4.20. The van der Waals surface area contributed by atoms with Gasteiger partial charge in [-0.2, -0.15) is 0 Å². The first-order chi connectivity index (χ1) is 6.10. The number of hydrogen-bond donors (Lipinski definition) is 2. The number of hydrogen-bond acceptors (Lipinski definition) is 5. The highest BCUT2D eigenvalue weighted by Gasteiger charge is 2.32. The van der Waals surface area contributed by atoms with E-state index in [1.807, 2.05) is 0 Å². The molecular formula is C7H18NO4P. The maximum atomic E-state index is 11.8. The van der Waals surface area contributed by atoms with Crippen molar-refractivity contribution in [3.63, 3.8) is 0 Å². The molecule has 0 aromatic carbocycles. The van der Waals surface area contributed by atoms with Crippen molar-refractivity contribution >= 4 is 7.60 Å². The van der Waals surface area contributed by atoms with Gasteiger partial charge in [0, 0.05) is 0 Å². The fraction of sp³-hybridized carbons (Fsp3) is 1.00. The van der Waals surface area contributed by atoms with Crippen LogP contribution in [0.5, 0.6) is 0 Å². The van der Waals surface area contributed by atoms with Crippen LogP contribution in [0.4, 0.5) is 0 Å². The van der Waals surface area contributed by atoms with Gasteiger partial charge in [-0.15, -0.1) is 0 Å². The molecule has 0 aliphatic heterocycles. The van der Waals surface area contributed by atoms with Crippen LogP contribution in [0.15, 0.2) is 0 Å². The van der Waals surface area contributed by atoms with E-state index < -0.39 is 13.4 Å². The maximum absolute atomic E-state index is 11.8. The second-order valence-electron chi connectivity index (χ2n) is 2.43. The van der Waals surface area contributed by atoms with Crippen molar-refractivity contribution in [3.8, 4) is 0 Å². The lowest BCUT2D eigenvalue weighted by Gasteiger charge is -2.21. The van der Waals surface area contributed by atoms with Crippen LogP contribution < -0.4 is 5.73 Å². The normalized spacial score (nSPS) is 14.5. The molecule has 0 amide bonds. The highest BCUT2D eigenvalue weighted by atomic mass is 31.2. The van der Waals surface area contributed by atoms with Crippen molar-refractivity contribution in [2.75, 3.05) is 19.8 Å². The van der Waals surface area contributed by atoms with Crippen molar-refractivity contribution in [2.45, 2.75) is 26.1 Å². The van der Waals surface area contributed by atoms with Crippen molar-refractivity contribution in [1.29, 1.82) is 0 Å². The molecule has 0 heterocycles. The van der Waals surface area contributed by atoms with Gasteiger partial charge in [-0.1, -0.05) is 0 Å². The fourth-order valence-electron chi connectivity index (χ4n) is 0.876. The van der Waals surface area contributed by atoms with Crippen LogP contribution in [0.2, 0.25) is 0 Å². The van der Waals surface area contributed by atoms with Crippen LogP contribution in [0, 0.1) is 0 Å². The lowest BCUT2D eigenvalue weighted by atomic mass is 10.5. The molecule has 0 saturated carbocycles. The average molecular weight is 211 g/mol. The third-order valence-corrected chi connectivity index (χ3v) is 3.63. The van der Waals surface area contributed by atoms with Gasteiger partial charge in [-0.3, -0.25) is 4.57 Å². The molecule has 0 aliphatic rings. The SMILES string of the molecule is CCOP(=O)(OCC)[C@@H](O)CCN. The van der Waals surface area contributed by atoms with Crippen LogP contribution in [-0.4, -0.2) is 30.7 Å². The zero-order valence-electron chi connectivity index (χ0n) is 8.10. The Bertz CT molecular complexity index is 166. The molecule has 0 spiro atoms. The van der Waals surface area contributed by atoms with E-state index >= 15 is 0 Å². The summed E-state index contributed by atoms with van der Waals surface area (Å²) in [6.45, 7) is 4.14. The molecular weight excluding hydrogens is 193 g/mol. The summed E-state index contributed by atoms with van der Waals surface area (Å²) in [4.78, 5) is 0. The first-order valence-electron chi connectivity index (χ1n) is 4.37. The Morgan fingerprint density at radius 3 is 2.15 bits per heavy atom. The number of rotatable bonds is 7. The molecule has 0 radical (unpaired) electrons. The van der Waals surface area contributed by atoms with E-state index in [2.05, 4.69) is 0 Å². The second-order valence-corrected chi connectivity index (χ2v) is 4.63. The van der Waals surface area contributed by atoms with E-state index in [1.165, 1.54) is 0 Å². The van der Waals surface area contributed by atoms with Gasteiger partial charge in [0.15, 0.2) is 5.85 Å². The van der Waals surface area contributed by atoms with E-state index in [0.29, 0.717) is 0 Å². The number of aliphatic hydroxyl groups is 1. The van der Waals surface area contributed by atoms with Crippen LogP contribution >= 0.6 is 7.60 Å². The van der Waals surface area contributed by atoms with Crippen LogP contribution in [-0.2, 0) is 13.6 Å². The number of nitrogens with two attached hydrogens (primary N) is 1. The Balaban J connectivity index is 4.28. The highest BCUT2D eigenvalue weighted by Crippen LogP contribution is 2.52. The van der Waals surface area contributed by atoms with E-state index in [4.69, 9.17) is 14.8 Å². The minimum Gasteiger partial charge on any atom is -0.380 e. The molecule has 0 bridgehead atoms. The monoisotopic (exact) mass is 211 g/mol. The molecule has 0 aromatic heterocycles. The Morgan fingerprint density at radius 1 is 1.38 bits per heavy atom. The molecule has 0 unspecified atom stereocenters. The van der Waals surface area contributed by atoms with Crippen molar-refractivity contribution in [1.82, 2.24) is 0 Å². The third-order valence-electron chi connectivity index (χ3n) is 1.41. The maximum Gasteiger partial charge on any atom is 0.358 e. The summed E-state index contributed by atoms with van der Waals surface area (Å²) in [5.41, 5.74) is 5.23. The molecule has 0 fully saturated rings. The molecule has 5 nitrogen and oxygen atoms in total. The summed E-state index contributed by atoms with van der Waals surface area (Å²) < 4.78 is 21.6. The number of aliphatic hydroxyl groups excluding tert-OH is 1. The van der Waals surface area contributed by atoms with E-state index in [9.17, 15) is 9.67 Å². The van der Waals surface area contributed by atoms with E-state index in [-0.39, 0.29) is 26.2 Å². The Morgan fingerprint density at radius 2 is 1.85 bits per heavy atom. The van der Waals surface area contributed by atoms with Crippen LogP contribution in [0.1, 0.15) is 20.3 Å². The molecule has 80 valence electrons. The molecule has 0 saturated heterocycles. The van der Waals surface area contributed by atoms with Gasteiger partial charge < -0.3 is 19.9 Å². The standard InChI is InChI=1S/C7H18NO4P/c1-3-11-13(10,12-4-2)7(9)5-6-8/h7,9H,3-6,8H2,1-2H3/t7-/m1/s1. The molecule has 0 rings (SSSR count). The van der Waals surface area contributed by atoms with Gasteiger partial charge in [0.1, 0.15) is 0 Å². The molecule has 3 N–H and O–H groups in total. The second kappa shape index (κ2) is 6.51. The van der Waals surface area contributed by atoms with Gasteiger partial charge in [-0.25, -0.2) is 0 Å². The average Bonchev–Trinajstić information content (AvgIpc) is 2.05. The summed E-state index contributed by atoms with van der Waals surface area (Å²) in [6, 6.07) is 0. The summed E-state index contributed by atoms with van der Waals surface area (Å²) in [5.74, 6) is -1.11. The van der Waals surface area contributed by atoms with Crippen molar-refractivity contribution < 1.29 is 18.7 Å². The summed E-state index contributed by atoms with van der Waals surface area (Å²) >= 11 is 0. The Kier molecular flexibility index (Phi) is 6.55. The van der Waals surface area contributed by atoms with Crippen LogP contribution in [0.3, 0.4) is 0 Å². The molecule has 1 atom stereocenters. The quantitative estimate of drug-likeness (QED) is 0.612. The minimum absolute atomic E-state index is 0.220. The zero-order valence-corrected chi connectivity index (χ0v) is 9.00. The Hall–Kier alpha value is 0.0700. The predicted molar refractivity (Wildman–Crippen MR) is 50.5 cm³/mol. The molecule has 6 heteroatoms. The summed E-state index contributed by atoms with van der Waals surface area (Å²) in [6.07, 6.45) is 0.220. The van der Waals surface area contributed by atoms with E-state index in [0.717, 1.165) is 0 Å². The van der Waals surface area contributed by atoms with Crippen molar-refractivity contribution in [3.05, 3.63) is 0 Å². The van der Waals surface area contributed by atoms with Crippen LogP contribution in [0.25, 0.3) is 0 Å². The van der Waals surface area contributed by atoms with Crippen molar-refractivity contribution in [2.24, 2.45) is 5.73 Å². The predicted octanol–water partition coefficient (Wildman–Crippen LogP) is 0.920. The fourth-order valence-corrected chi connectivity index (χ4v) is 2.48. The van der Waals surface area contributed by atoms with Gasteiger partial charge in [-0.05, 0) is 26.8 Å². The molecule has 0 aromatic rings. The lowest BCUT2D eigenvalue weighted by molar-refractivity contribution is 0.145. The Labute approximate surface area is 78.8 Å². The highest BCUT2D eigenvalue weighted by molar-refractivity contribution is 7.54.